The zero-order chi connectivity index (χ0) is 18.6. The molecule has 1 aliphatic rings. The Hall–Kier alpha value is -2.30. The van der Waals surface area contributed by atoms with Gasteiger partial charge in [-0.15, -0.1) is 0 Å². The zero-order valence-corrected chi connectivity index (χ0v) is 15.7. The molecule has 0 atom stereocenters. The minimum Gasteiger partial charge on any atom is -0.463 e. The summed E-state index contributed by atoms with van der Waals surface area (Å²) in [6, 6.07) is 6.08. The third-order valence-electron chi connectivity index (χ3n) is 3.95. The fourth-order valence-corrected chi connectivity index (χ4v) is 2.72. The summed E-state index contributed by atoms with van der Waals surface area (Å²) < 4.78 is 10.4. The molecule has 1 amide bonds. The summed E-state index contributed by atoms with van der Waals surface area (Å²) in [5, 5.41) is 0. The Labute approximate surface area is 149 Å². The normalized spacial score (nSPS) is 14.8. The molecule has 5 heteroatoms. The van der Waals surface area contributed by atoms with Crippen LogP contribution in [0.2, 0.25) is 0 Å². The maximum Gasteiger partial charge on any atom is 0.410 e. The minimum atomic E-state index is -0.490. The highest BCUT2D eigenvalue weighted by molar-refractivity contribution is 5.91. The first-order chi connectivity index (χ1) is 11.7. The van der Waals surface area contributed by atoms with Gasteiger partial charge in [-0.2, -0.15) is 0 Å². The van der Waals surface area contributed by atoms with Crippen molar-refractivity contribution in [3.63, 3.8) is 0 Å². The number of amides is 1. The smallest absolute Gasteiger partial charge is 0.410 e. The molecule has 2 rings (SSSR count). The van der Waals surface area contributed by atoms with Gasteiger partial charge in [0.25, 0.3) is 0 Å². The van der Waals surface area contributed by atoms with Crippen molar-refractivity contribution < 1.29 is 19.1 Å². The van der Waals surface area contributed by atoms with E-state index in [-0.39, 0.29) is 12.1 Å². The van der Waals surface area contributed by atoms with Crippen LogP contribution in [0, 0.1) is 0 Å². The first kappa shape index (κ1) is 19.0. The second-order valence-corrected chi connectivity index (χ2v) is 7.21. The minimum absolute atomic E-state index is 0.277. The van der Waals surface area contributed by atoms with Crippen LogP contribution in [0.5, 0.6) is 0 Å². The number of hydrogen-bond acceptors (Lipinski definition) is 4. The molecule has 0 radical (unpaired) electrons. The lowest BCUT2D eigenvalue weighted by atomic mass is 9.95. The van der Waals surface area contributed by atoms with Gasteiger partial charge in [0.05, 0.1) is 6.61 Å². The standard InChI is InChI=1S/C20H27NO4/c1-6-24-18(22)11-14(2)15-7-8-17-13-21(10-9-16(17)12-15)19(23)25-20(3,4)5/h7-8,11-12H,6,9-10,13H2,1-5H3. The molecule has 1 aliphatic heterocycles. The summed E-state index contributed by atoms with van der Waals surface area (Å²) in [4.78, 5) is 25.5. The van der Waals surface area contributed by atoms with Gasteiger partial charge < -0.3 is 14.4 Å². The lowest BCUT2D eigenvalue weighted by molar-refractivity contribution is -0.137. The molecule has 1 aromatic carbocycles. The maximum atomic E-state index is 12.2. The van der Waals surface area contributed by atoms with Crippen molar-refractivity contribution in [3.05, 3.63) is 41.0 Å². The Balaban J connectivity index is 2.11. The summed E-state index contributed by atoms with van der Waals surface area (Å²) >= 11 is 0. The van der Waals surface area contributed by atoms with Gasteiger partial charge >= 0.3 is 12.1 Å². The average Bonchev–Trinajstić information content (AvgIpc) is 2.52. The van der Waals surface area contributed by atoms with Crippen molar-refractivity contribution in [1.82, 2.24) is 4.90 Å². The quantitative estimate of drug-likeness (QED) is 0.615. The highest BCUT2D eigenvalue weighted by Crippen LogP contribution is 2.25. The van der Waals surface area contributed by atoms with Gasteiger partial charge in [-0.1, -0.05) is 18.2 Å². The van der Waals surface area contributed by atoms with Crippen LogP contribution >= 0.6 is 0 Å². The Morgan fingerprint density at radius 1 is 1.24 bits per heavy atom. The average molecular weight is 345 g/mol. The molecule has 0 saturated heterocycles. The Morgan fingerprint density at radius 3 is 2.60 bits per heavy atom. The Kier molecular flexibility index (Phi) is 5.88. The third-order valence-corrected chi connectivity index (χ3v) is 3.95. The Morgan fingerprint density at radius 2 is 1.96 bits per heavy atom. The van der Waals surface area contributed by atoms with Crippen molar-refractivity contribution in [2.45, 2.75) is 53.2 Å². The van der Waals surface area contributed by atoms with E-state index in [0.717, 1.165) is 23.1 Å². The molecule has 0 aromatic heterocycles. The van der Waals surface area contributed by atoms with Gasteiger partial charge in [0, 0.05) is 19.2 Å². The fourth-order valence-electron chi connectivity index (χ4n) is 2.72. The molecular formula is C20H27NO4. The fraction of sp³-hybridized carbons (Fsp3) is 0.500. The molecule has 0 N–H and O–H groups in total. The van der Waals surface area contributed by atoms with Gasteiger partial charge in [-0.05, 0) is 63.3 Å². The number of nitrogens with zero attached hydrogens (tertiary/aromatic N) is 1. The van der Waals surface area contributed by atoms with Crippen molar-refractivity contribution in [1.29, 1.82) is 0 Å². The van der Waals surface area contributed by atoms with Crippen LogP contribution < -0.4 is 0 Å². The summed E-state index contributed by atoms with van der Waals surface area (Å²) in [7, 11) is 0. The highest BCUT2D eigenvalue weighted by atomic mass is 16.6. The number of allylic oxidation sites excluding steroid dienone is 1. The third kappa shape index (κ3) is 5.34. The molecule has 5 nitrogen and oxygen atoms in total. The predicted molar refractivity (Wildman–Crippen MR) is 97.1 cm³/mol. The first-order valence-electron chi connectivity index (χ1n) is 8.64. The molecule has 0 aliphatic carbocycles. The van der Waals surface area contributed by atoms with Gasteiger partial charge in [-0.3, -0.25) is 0 Å². The van der Waals surface area contributed by atoms with Gasteiger partial charge in [0.1, 0.15) is 5.60 Å². The van der Waals surface area contributed by atoms with Crippen LogP contribution in [0.3, 0.4) is 0 Å². The van der Waals surface area contributed by atoms with Crippen LogP contribution in [0.15, 0.2) is 24.3 Å². The second kappa shape index (κ2) is 7.72. The molecule has 136 valence electrons. The molecular weight excluding hydrogens is 318 g/mol. The largest absolute Gasteiger partial charge is 0.463 e. The van der Waals surface area contributed by atoms with Crippen LogP contribution in [-0.2, 0) is 27.2 Å². The topological polar surface area (TPSA) is 55.8 Å². The van der Waals surface area contributed by atoms with E-state index >= 15 is 0 Å². The molecule has 25 heavy (non-hydrogen) atoms. The molecule has 0 fully saturated rings. The van der Waals surface area contributed by atoms with E-state index in [1.54, 1.807) is 11.8 Å². The van der Waals surface area contributed by atoms with Gasteiger partial charge in [-0.25, -0.2) is 9.59 Å². The summed E-state index contributed by atoms with van der Waals surface area (Å²) in [6.45, 7) is 10.8. The van der Waals surface area contributed by atoms with Crippen LogP contribution in [-0.4, -0.2) is 35.7 Å². The highest BCUT2D eigenvalue weighted by Gasteiger charge is 2.25. The van der Waals surface area contributed by atoms with E-state index in [4.69, 9.17) is 9.47 Å². The van der Waals surface area contributed by atoms with Crippen molar-refractivity contribution in [3.8, 4) is 0 Å². The summed E-state index contributed by atoms with van der Waals surface area (Å²) in [5.74, 6) is -0.325. The monoisotopic (exact) mass is 345 g/mol. The first-order valence-corrected chi connectivity index (χ1v) is 8.64. The maximum absolute atomic E-state index is 12.2. The molecule has 0 bridgehead atoms. The van der Waals surface area contributed by atoms with E-state index in [1.807, 2.05) is 39.8 Å². The number of carbonyl (C=O) groups excluding carboxylic acids is 2. The number of benzene rings is 1. The number of fused-ring (bicyclic) bond motifs is 1. The zero-order valence-electron chi connectivity index (χ0n) is 15.7. The SMILES string of the molecule is CCOC(=O)C=C(C)c1ccc2c(c1)CCN(C(=O)OC(C)(C)C)C2. The van der Waals surface area contributed by atoms with E-state index < -0.39 is 5.60 Å². The van der Waals surface area contributed by atoms with Crippen molar-refractivity contribution >= 4 is 17.6 Å². The number of esters is 1. The number of rotatable bonds is 3. The predicted octanol–water partition coefficient (Wildman–Crippen LogP) is 3.95. The Bertz CT molecular complexity index is 685. The van der Waals surface area contributed by atoms with Gasteiger partial charge in [0.15, 0.2) is 0 Å². The lowest BCUT2D eigenvalue weighted by Crippen LogP contribution is -2.39. The molecule has 0 spiro atoms. The molecule has 1 heterocycles. The summed E-state index contributed by atoms with van der Waals surface area (Å²) in [6.07, 6.45) is 2.01. The van der Waals surface area contributed by atoms with E-state index in [1.165, 1.54) is 11.6 Å². The van der Waals surface area contributed by atoms with Crippen molar-refractivity contribution in [2.75, 3.05) is 13.2 Å². The number of ether oxygens (including phenoxy) is 2. The molecule has 1 aromatic rings. The number of hydrogen-bond donors (Lipinski definition) is 0. The van der Waals surface area contributed by atoms with Crippen molar-refractivity contribution in [2.24, 2.45) is 0 Å². The number of carbonyl (C=O) groups is 2. The van der Waals surface area contributed by atoms with Gasteiger partial charge in [0.2, 0.25) is 0 Å². The van der Waals surface area contributed by atoms with E-state index in [9.17, 15) is 9.59 Å². The lowest BCUT2D eigenvalue weighted by Gasteiger charge is -2.31. The van der Waals surface area contributed by atoms with Crippen LogP contribution in [0.1, 0.15) is 51.3 Å². The second-order valence-electron chi connectivity index (χ2n) is 7.21. The van der Waals surface area contributed by atoms with Crippen LogP contribution in [0.25, 0.3) is 5.57 Å². The summed E-state index contributed by atoms with van der Waals surface area (Å²) in [5.41, 5.74) is 3.70. The van der Waals surface area contributed by atoms with E-state index in [0.29, 0.717) is 19.7 Å². The van der Waals surface area contributed by atoms with Crippen LogP contribution in [0.4, 0.5) is 4.79 Å². The van der Waals surface area contributed by atoms with E-state index in [2.05, 4.69) is 6.07 Å². The molecule has 0 unspecified atom stereocenters. The molecule has 0 saturated carbocycles.